The number of halogens is 1. The number of nitrogens with one attached hydrogen (secondary N) is 1. The highest BCUT2D eigenvalue weighted by atomic mass is 127. The second-order valence-electron chi connectivity index (χ2n) is 4.98. The van der Waals surface area contributed by atoms with Crippen molar-refractivity contribution in [3.63, 3.8) is 0 Å². The van der Waals surface area contributed by atoms with Crippen molar-refractivity contribution in [2.75, 3.05) is 27.7 Å². The molecule has 0 atom stereocenters. The van der Waals surface area contributed by atoms with Crippen LogP contribution in [0.25, 0.3) is 0 Å². The maximum absolute atomic E-state index is 11.0. The predicted octanol–water partition coefficient (Wildman–Crippen LogP) is 2.66. The molecule has 0 saturated heterocycles. The summed E-state index contributed by atoms with van der Waals surface area (Å²) in [5.41, 5.74) is 1.18. The zero-order chi connectivity index (χ0) is 15.5. The molecule has 0 aromatic heterocycles. The Balaban J connectivity index is 0.00000441. The molecule has 1 aromatic rings. The molecule has 0 bridgehead atoms. The van der Waals surface area contributed by atoms with Gasteiger partial charge >= 0.3 is 5.97 Å². The molecule has 0 aliphatic carbocycles. The van der Waals surface area contributed by atoms with E-state index in [9.17, 15) is 4.79 Å². The second kappa shape index (κ2) is 12.3. The van der Waals surface area contributed by atoms with E-state index in [0.717, 1.165) is 25.3 Å². The number of nitrogens with zero attached hydrogens (tertiary/aromatic N) is 2. The van der Waals surface area contributed by atoms with Gasteiger partial charge in [-0.1, -0.05) is 30.3 Å². The Bertz CT molecular complexity index is 450. The van der Waals surface area contributed by atoms with Crippen molar-refractivity contribution in [1.82, 2.24) is 10.2 Å². The molecule has 0 radical (unpaired) electrons. The van der Waals surface area contributed by atoms with Gasteiger partial charge < -0.3 is 15.0 Å². The molecule has 6 heteroatoms. The van der Waals surface area contributed by atoms with Crippen LogP contribution in [0.2, 0.25) is 0 Å². The SMILES string of the molecule is COC(=O)CCCCNC(=NCc1ccccc1)N(C)C.I. The van der Waals surface area contributed by atoms with Crippen molar-refractivity contribution >= 4 is 35.9 Å². The number of ether oxygens (including phenoxy) is 1. The first-order valence-corrected chi connectivity index (χ1v) is 7.20. The first-order chi connectivity index (χ1) is 10.1. The summed E-state index contributed by atoms with van der Waals surface area (Å²) in [5.74, 6) is 0.706. The smallest absolute Gasteiger partial charge is 0.305 e. The number of guanidine groups is 1. The number of unbranched alkanes of at least 4 members (excludes halogenated alkanes) is 1. The highest BCUT2D eigenvalue weighted by molar-refractivity contribution is 14.0. The molecule has 1 N–H and O–H groups in total. The van der Waals surface area contributed by atoms with E-state index in [1.165, 1.54) is 12.7 Å². The zero-order valence-corrected chi connectivity index (χ0v) is 15.9. The molecule has 124 valence electrons. The van der Waals surface area contributed by atoms with E-state index in [1.54, 1.807) is 0 Å². The molecular weight excluding hydrogens is 393 g/mol. The quantitative estimate of drug-likeness (QED) is 0.243. The van der Waals surface area contributed by atoms with Gasteiger partial charge in [0.25, 0.3) is 0 Å². The van der Waals surface area contributed by atoms with Crippen molar-refractivity contribution in [2.45, 2.75) is 25.8 Å². The van der Waals surface area contributed by atoms with E-state index in [1.807, 2.05) is 37.2 Å². The van der Waals surface area contributed by atoms with E-state index < -0.39 is 0 Å². The number of hydrogen-bond acceptors (Lipinski definition) is 3. The van der Waals surface area contributed by atoms with Gasteiger partial charge in [0.2, 0.25) is 0 Å². The molecule has 22 heavy (non-hydrogen) atoms. The summed E-state index contributed by atoms with van der Waals surface area (Å²) in [7, 11) is 5.34. The fourth-order valence-electron chi connectivity index (χ4n) is 1.80. The van der Waals surface area contributed by atoms with Crippen molar-refractivity contribution in [1.29, 1.82) is 0 Å². The van der Waals surface area contributed by atoms with Gasteiger partial charge in [-0.05, 0) is 18.4 Å². The van der Waals surface area contributed by atoms with Crippen LogP contribution in [-0.2, 0) is 16.1 Å². The Morgan fingerprint density at radius 1 is 1.23 bits per heavy atom. The number of aliphatic imine (C=N–C) groups is 1. The van der Waals surface area contributed by atoms with Crippen molar-refractivity contribution in [3.05, 3.63) is 35.9 Å². The number of hydrogen-bond donors (Lipinski definition) is 1. The van der Waals surface area contributed by atoms with E-state index in [2.05, 4.69) is 27.2 Å². The third kappa shape index (κ3) is 8.86. The van der Waals surface area contributed by atoms with Crippen LogP contribution >= 0.6 is 24.0 Å². The molecule has 0 fully saturated rings. The average molecular weight is 419 g/mol. The molecular formula is C16H26IN3O2. The van der Waals surface area contributed by atoms with Crippen LogP contribution in [-0.4, -0.2) is 44.6 Å². The fraction of sp³-hybridized carbons (Fsp3) is 0.500. The highest BCUT2D eigenvalue weighted by Crippen LogP contribution is 2.01. The summed E-state index contributed by atoms with van der Waals surface area (Å²) < 4.78 is 4.61. The number of esters is 1. The van der Waals surface area contributed by atoms with E-state index in [-0.39, 0.29) is 29.9 Å². The molecule has 0 heterocycles. The maximum atomic E-state index is 11.0. The van der Waals surface area contributed by atoms with Gasteiger partial charge in [-0.3, -0.25) is 4.79 Å². The largest absolute Gasteiger partial charge is 0.469 e. The Kier molecular flexibility index (Phi) is 11.5. The first kappa shape index (κ1) is 20.7. The van der Waals surface area contributed by atoms with Crippen molar-refractivity contribution in [2.24, 2.45) is 4.99 Å². The van der Waals surface area contributed by atoms with Crippen molar-refractivity contribution in [3.8, 4) is 0 Å². The van der Waals surface area contributed by atoms with Crippen LogP contribution in [0, 0.1) is 0 Å². The molecule has 1 aromatic carbocycles. The molecule has 0 aliphatic heterocycles. The number of carbonyl (C=O) groups excluding carboxylic acids is 1. The van der Waals surface area contributed by atoms with Crippen LogP contribution in [0.15, 0.2) is 35.3 Å². The summed E-state index contributed by atoms with van der Waals surface area (Å²) in [6.45, 7) is 1.45. The minimum Gasteiger partial charge on any atom is -0.469 e. The third-order valence-corrected chi connectivity index (χ3v) is 3.00. The standard InChI is InChI=1S/C16H25N3O2.HI/c1-19(2)16(17-12-8-7-11-15(20)21-3)18-13-14-9-5-4-6-10-14;/h4-6,9-10H,7-8,11-13H2,1-3H3,(H,17,18);1H. The van der Waals surface area contributed by atoms with E-state index >= 15 is 0 Å². The van der Waals surface area contributed by atoms with Gasteiger partial charge in [-0.25, -0.2) is 4.99 Å². The lowest BCUT2D eigenvalue weighted by molar-refractivity contribution is -0.140. The average Bonchev–Trinajstić information content (AvgIpc) is 2.50. The van der Waals surface area contributed by atoms with Crippen molar-refractivity contribution < 1.29 is 9.53 Å². The zero-order valence-electron chi connectivity index (χ0n) is 13.5. The Morgan fingerprint density at radius 3 is 2.50 bits per heavy atom. The number of methoxy groups -OCH3 is 1. The van der Waals surface area contributed by atoms with Gasteiger partial charge in [0, 0.05) is 27.1 Å². The minimum atomic E-state index is -0.152. The summed E-state index contributed by atoms with van der Waals surface area (Å²) in [6, 6.07) is 10.2. The van der Waals surface area contributed by atoms with E-state index in [4.69, 9.17) is 0 Å². The molecule has 0 spiro atoms. The van der Waals surface area contributed by atoms with Crippen LogP contribution in [0.3, 0.4) is 0 Å². The lowest BCUT2D eigenvalue weighted by atomic mass is 10.2. The van der Waals surface area contributed by atoms with Gasteiger partial charge in [-0.2, -0.15) is 0 Å². The topological polar surface area (TPSA) is 53.9 Å². The third-order valence-electron chi connectivity index (χ3n) is 3.00. The molecule has 0 unspecified atom stereocenters. The molecule has 1 rings (SSSR count). The first-order valence-electron chi connectivity index (χ1n) is 7.20. The Morgan fingerprint density at radius 2 is 1.91 bits per heavy atom. The summed E-state index contributed by atoms with van der Waals surface area (Å²) in [6.07, 6.45) is 2.20. The van der Waals surface area contributed by atoms with Gasteiger partial charge in [-0.15, -0.1) is 24.0 Å². The second-order valence-corrected chi connectivity index (χ2v) is 4.98. The normalized spacial score (nSPS) is 10.6. The maximum Gasteiger partial charge on any atom is 0.305 e. The van der Waals surface area contributed by atoms with E-state index in [0.29, 0.717) is 13.0 Å². The summed E-state index contributed by atoms with van der Waals surface area (Å²) >= 11 is 0. The van der Waals surface area contributed by atoms with Crippen LogP contribution < -0.4 is 5.32 Å². The van der Waals surface area contributed by atoms with Crippen LogP contribution in [0.4, 0.5) is 0 Å². The Hall–Kier alpha value is -1.31. The minimum absolute atomic E-state index is 0. The lowest BCUT2D eigenvalue weighted by Gasteiger charge is -2.17. The van der Waals surface area contributed by atoms with Gasteiger partial charge in [0.05, 0.1) is 13.7 Å². The molecule has 5 nitrogen and oxygen atoms in total. The highest BCUT2D eigenvalue weighted by Gasteiger charge is 2.02. The lowest BCUT2D eigenvalue weighted by Crippen LogP contribution is -2.37. The van der Waals surface area contributed by atoms with Gasteiger partial charge in [0.15, 0.2) is 5.96 Å². The number of rotatable bonds is 7. The van der Waals surface area contributed by atoms with Crippen LogP contribution in [0.5, 0.6) is 0 Å². The van der Waals surface area contributed by atoms with Gasteiger partial charge in [0.1, 0.15) is 0 Å². The Labute approximate surface area is 150 Å². The number of benzene rings is 1. The monoisotopic (exact) mass is 419 g/mol. The summed E-state index contributed by atoms with van der Waals surface area (Å²) in [4.78, 5) is 17.5. The summed E-state index contributed by atoms with van der Waals surface area (Å²) in [5, 5.41) is 3.30. The predicted molar refractivity (Wildman–Crippen MR) is 101 cm³/mol. The fourth-order valence-corrected chi connectivity index (χ4v) is 1.80. The van der Waals surface area contributed by atoms with Crippen LogP contribution in [0.1, 0.15) is 24.8 Å². The molecule has 0 aliphatic rings. The molecule has 0 saturated carbocycles. The molecule has 0 amide bonds. The number of carbonyl (C=O) groups is 1.